The highest BCUT2D eigenvalue weighted by Crippen LogP contribution is 2.33. The molecule has 0 amide bonds. The topological polar surface area (TPSA) is 102 Å². The molecule has 1 saturated carbocycles. The molecule has 2 heterocycles. The summed E-state index contributed by atoms with van der Waals surface area (Å²) in [4.78, 5) is 13.2. The number of rotatable bonds is 5. The van der Waals surface area contributed by atoms with Crippen LogP contribution >= 0.6 is 0 Å². The van der Waals surface area contributed by atoms with Gasteiger partial charge in [-0.1, -0.05) is 12.2 Å². The van der Waals surface area contributed by atoms with Crippen LogP contribution in [0, 0.1) is 5.92 Å². The average Bonchev–Trinajstić information content (AvgIpc) is 3.02. The minimum Gasteiger partial charge on any atom is -0.396 e. The number of hydrogen-bond donors (Lipinski definition) is 3. The Balaban J connectivity index is 1.67. The Morgan fingerprint density at radius 3 is 2.95 bits per heavy atom. The van der Waals surface area contributed by atoms with Gasteiger partial charge in [0.25, 0.3) is 0 Å². The summed E-state index contributed by atoms with van der Waals surface area (Å²) < 4.78 is 2.05. The summed E-state index contributed by atoms with van der Waals surface area (Å²) in [6.07, 6.45) is 10.2. The monoisotopic (exact) mass is 300 g/mol. The lowest BCUT2D eigenvalue weighted by molar-refractivity contribution is 0.265. The second-order valence-electron chi connectivity index (χ2n) is 6.13. The van der Waals surface area contributed by atoms with Crippen molar-refractivity contribution in [2.24, 2.45) is 5.92 Å². The van der Waals surface area contributed by atoms with E-state index in [2.05, 4.69) is 37.0 Å². The summed E-state index contributed by atoms with van der Waals surface area (Å²) in [7, 11) is 0. The Labute approximate surface area is 128 Å². The largest absolute Gasteiger partial charge is 0.396 e. The molecule has 0 unspecified atom stereocenters. The second kappa shape index (κ2) is 5.24. The molecule has 0 aromatic carbocycles. The summed E-state index contributed by atoms with van der Waals surface area (Å²) in [6.45, 7) is 0.219. The number of aliphatic hydroxyl groups is 1. The van der Waals surface area contributed by atoms with Gasteiger partial charge in [-0.05, 0) is 31.6 Å². The van der Waals surface area contributed by atoms with E-state index in [1.54, 1.807) is 0 Å². The fourth-order valence-electron chi connectivity index (χ4n) is 3.04. The Kier molecular flexibility index (Phi) is 3.22. The van der Waals surface area contributed by atoms with Gasteiger partial charge in [-0.15, -0.1) is 0 Å². The molecule has 7 nitrogen and oxygen atoms in total. The third-order valence-electron chi connectivity index (χ3n) is 4.36. The Hall–Kier alpha value is -2.15. The first-order valence-corrected chi connectivity index (χ1v) is 7.80. The number of nitrogens with zero attached hydrogens (tertiary/aromatic N) is 4. The second-order valence-corrected chi connectivity index (χ2v) is 6.13. The van der Waals surface area contributed by atoms with E-state index >= 15 is 0 Å². The van der Waals surface area contributed by atoms with Crippen molar-refractivity contribution in [2.75, 3.05) is 17.7 Å². The van der Waals surface area contributed by atoms with Gasteiger partial charge in [0.2, 0.25) is 5.95 Å². The van der Waals surface area contributed by atoms with Crippen LogP contribution in [0.2, 0.25) is 0 Å². The van der Waals surface area contributed by atoms with E-state index in [1.165, 1.54) is 12.8 Å². The molecule has 0 saturated heterocycles. The van der Waals surface area contributed by atoms with Crippen molar-refractivity contribution in [3.05, 3.63) is 18.5 Å². The standard InChI is InChI=1S/C15H20N6O/c16-15-19-13(18-10-2-3-10)12-14(20-15)21(8-17-12)11-4-1-9(7-11)5-6-22/h1,4,8-11,22H,2-3,5-7H2,(H3,16,18,19,20)/t9-,11-/m0/s1. The Morgan fingerprint density at radius 2 is 2.18 bits per heavy atom. The van der Waals surface area contributed by atoms with E-state index in [9.17, 15) is 0 Å². The minimum atomic E-state index is 0.213. The average molecular weight is 300 g/mol. The molecule has 0 aliphatic heterocycles. The molecule has 2 atom stereocenters. The molecule has 4 N–H and O–H groups in total. The van der Waals surface area contributed by atoms with Gasteiger partial charge < -0.3 is 20.7 Å². The van der Waals surface area contributed by atoms with Gasteiger partial charge >= 0.3 is 0 Å². The summed E-state index contributed by atoms with van der Waals surface area (Å²) in [5, 5.41) is 12.5. The molecular formula is C15H20N6O. The SMILES string of the molecule is Nc1nc(NC2CC2)c2ncn([C@H]3C=C[C@@H](CCO)C3)c2n1. The van der Waals surface area contributed by atoms with Crippen LogP contribution in [0.5, 0.6) is 0 Å². The van der Waals surface area contributed by atoms with Crippen LogP contribution in [-0.4, -0.2) is 37.3 Å². The normalized spacial score (nSPS) is 24.2. The molecule has 0 bridgehead atoms. The van der Waals surface area contributed by atoms with E-state index in [0.717, 1.165) is 29.8 Å². The molecule has 2 aliphatic rings. The summed E-state index contributed by atoms with van der Waals surface area (Å²) in [5.41, 5.74) is 7.42. The predicted octanol–water partition coefficient (Wildman–Crippen LogP) is 1.48. The molecule has 2 aromatic heterocycles. The van der Waals surface area contributed by atoms with Gasteiger partial charge in [-0.2, -0.15) is 9.97 Å². The Morgan fingerprint density at radius 1 is 1.32 bits per heavy atom. The van der Waals surface area contributed by atoms with Crippen molar-refractivity contribution in [3.63, 3.8) is 0 Å². The zero-order chi connectivity index (χ0) is 15.1. The van der Waals surface area contributed by atoms with E-state index in [0.29, 0.717) is 12.0 Å². The molecule has 7 heteroatoms. The van der Waals surface area contributed by atoms with Gasteiger partial charge in [0, 0.05) is 12.6 Å². The van der Waals surface area contributed by atoms with Crippen LogP contribution in [-0.2, 0) is 0 Å². The number of anilines is 2. The third-order valence-corrected chi connectivity index (χ3v) is 4.36. The van der Waals surface area contributed by atoms with Gasteiger partial charge in [0.05, 0.1) is 12.4 Å². The number of nitrogens with one attached hydrogen (secondary N) is 1. The molecule has 116 valence electrons. The first-order chi connectivity index (χ1) is 10.7. The van der Waals surface area contributed by atoms with Crippen LogP contribution in [0.25, 0.3) is 11.2 Å². The number of allylic oxidation sites excluding steroid dienone is 2. The zero-order valence-electron chi connectivity index (χ0n) is 12.3. The lowest BCUT2D eigenvalue weighted by atomic mass is 10.0. The van der Waals surface area contributed by atoms with Gasteiger partial charge in [0.1, 0.15) is 0 Å². The summed E-state index contributed by atoms with van der Waals surface area (Å²) in [6, 6.07) is 0.701. The fourth-order valence-corrected chi connectivity index (χ4v) is 3.04. The maximum absolute atomic E-state index is 9.08. The number of fused-ring (bicyclic) bond motifs is 1. The van der Waals surface area contributed by atoms with E-state index in [-0.39, 0.29) is 18.6 Å². The lowest BCUT2D eigenvalue weighted by Gasteiger charge is -2.13. The number of nitrogens with two attached hydrogens (primary N) is 1. The van der Waals surface area contributed by atoms with Crippen molar-refractivity contribution < 1.29 is 5.11 Å². The zero-order valence-corrected chi connectivity index (χ0v) is 12.3. The van der Waals surface area contributed by atoms with Gasteiger partial charge in [-0.3, -0.25) is 0 Å². The van der Waals surface area contributed by atoms with Crippen LogP contribution in [0.4, 0.5) is 11.8 Å². The number of aliphatic hydroxyl groups excluding tert-OH is 1. The number of imidazole rings is 1. The van der Waals surface area contributed by atoms with E-state index < -0.39 is 0 Å². The maximum atomic E-state index is 9.08. The minimum absolute atomic E-state index is 0.213. The molecule has 2 aliphatic carbocycles. The van der Waals surface area contributed by atoms with Crippen LogP contribution in [0.15, 0.2) is 18.5 Å². The molecule has 1 fully saturated rings. The third kappa shape index (κ3) is 2.41. The molecule has 4 rings (SSSR count). The van der Waals surface area contributed by atoms with Gasteiger partial charge in [-0.25, -0.2) is 4.98 Å². The highest BCUT2D eigenvalue weighted by Gasteiger charge is 2.26. The van der Waals surface area contributed by atoms with Crippen molar-refractivity contribution in [2.45, 2.75) is 37.8 Å². The first-order valence-electron chi connectivity index (χ1n) is 7.80. The van der Waals surface area contributed by atoms with Crippen LogP contribution < -0.4 is 11.1 Å². The number of nitrogen functional groups attached to an aromatic ring is 1. The van der Waals surface area contributed by atoms with E-state index in [4.69, 9.17) is 10.8 Å². The van der Waals surface area contributed by atoms with Crippen LogP contribution in [0.1, 0.15) is 31.7 Å². The quantitative estimate of drug-likeness (QED) is 0.723. The molecule has 22 heavy (non-hydrogen) atoms. The highest BCUT2D eigenvalue weighted by molar-refractivity contribution is 5.84. The van der Waals surface area contributed by atoms with Crippen molar-refractivity contribution >= 4 is 22.9 Å². The van der Waals surface area contributed by atoms with Crippen molar-refractivity contribution in [1.82, 2.24) is 19.5 Å². The van der Waals surface area contributed by atoms with Crippen LogP contribution in [0.3, 0.4) is 0 Å². The Bertz CT molecular complexity index is 720. The summed E-state index contributed by atoms with van der Waals surface area (Å²) >= 11 is 0. The summed E-state index contributed by atoms with van der Waals surface area (Å²) in [5.74, 6) is 1.42. The number of hydrogen-bond acceptors (Lipinski definition) is 6. The predicted molar refractivity (Wildman–Crippen MR) is 84.4 cm³/mol. The first kappa shape index (κ1) is 13.5. The molecule has 0 radical (unpaired) electrons. The molecule has 0 spiro atoms. The number of aromatic nitrogens is 4. The smallest absolute Gasteiger partial charge is 0.224 e. The van der Waals surface area contributed by atoms with Crippen molar-refractivity contribution in [3.8, 4) is 0 Å². The fraction of sp³-hybridized carbons (Fsp3) is 0.533. The molecular weight excluding hydrogens is 280 g/mol. The van der Waals surface area contributed by atoms with Crippen molar-refractivity contribution in [1.29, 1.82) is 0 Å². The van der Waals surface area contributed by atoms with E-state index in [1.807, 2.05) is 6.33 Å². The molecule has 2 aromatic rings. The van der Waals surface area contributed by atoms with Gasteiger partial charge in [0.15, 0.2) is 17.0 Å². The lowest BCUT2D eigenvalue weighted by Crippen LogP contribution is -2.10. The maximum Gasteiger partial charge on any atom is 0.224 e. The highest BCUT2D eigenvalue weighted by atomic mass is 16.3.